The van der Waals surface area contributed by atoms with Gasteiger partial charge in [0.1, 0.15) is 5.75 Å². The summed E-state index contributed by atoms with van der Waals surface area (Å²) in [6, 6.07) is 14.0. The molecule has 0 aliphatic rings. The van der Waals surface area contributed by atoms with Gasteiger partial charge < -0.3 is 10.1 Å². The molecule has 0 aliphatic heterocycles. The molecule has 164 valence electrons. The SMILES string of the molecule is COc1ccc(N(CCC(=O)NCc2ccsc2)S(=O)(=O)c2ccc(C)cc2C)cc1. The molecule has 0 unspecified atom stereocenters. The lowest BCUT2D eigenvalue weighted by atomic mass is 10.2. The molecular formula is C23H26N2O4S2. The van der Waals surface area contributed by atoms with Gasteiger partial charge in [-0.3, -0.25) is 9.10 Å². The molecule has 3 aromatic rings. The summed E-state index contributed by atoms with van der Waals surface area (Å²) in [5.74, 6) is 0.418. The highest BCUT2D eigenvalue weighted by Crippen LogP contribution is 2.28. The maximum atomic E-state index is 13.5. The summed E-state index contributed by atoms with van der Waals surface area (Å²) in [6.45, 7) is 4.15. The van der Waals surface area contributed by atoms with Crippen LogP contribution in [-0.2, 0) is 21.4 Å². The third-order valence-electron chi connectivity index (χ3n) is 4.87. The maximum absolute atomic E-state index is 13.5. The lowest BCUT2D eigenvalue weighted by molar-refractivity contribution is -0.121. The van der Waals surface area contributed by atoms with Gasteiger partial charge in [-0.05, 0) is 72.1 Å². The number of rotatable bonds is 9. The lowest BCUT2D eigenvalue weighted by Crippen LogP contribution is -2.35. The zero-order valence-corrected chi connectivity index (χ0v) is 19.4. The number of hydrogen-bond acceptors (Lipinski definition) is 5. The number of carbonyl (C=O) groups excluding carboxylic acids is 1. The number of nitrogens with one attached hydrogen (secondary N) is 1. The summed E-state index contributed by atoms with van der Waals surface area (Å²) in [5, 5.41) is 6.76. The van der Waals surface area contributed by atoms with Crippen LogP contribution in [0.4, 0.5) is 5.69 Å². The monoisotopic (exact) mass is 458 g/mol. The number of sulfonamides is 1. The van der Waals surface area contributed by atoms with E-state index in [-0.39, 0.29) is 23.8 Å². The van der Waals surface area contributed by atoms with Crippen LogP contribution < -0.4 is 14.4 Å². The normalized spacial score (nSPS) is 11.2. The summed E-state index contributed by atoms with van der Waals surface area (Å²) in [7, 11) is -2.31. The van der Waals surface area contributed by atoms with E-state index in [0.29, 0.717) is 23.5 Å². The number of aryl methyl sites for hydroxylation is 2. The number of methoxy groups -OCH3 is 1. The van der Waals surface area contributed by atoms with E-state index in [2.05, 4.69) is 5.32 Å². The van der Waals surface area contributed by atoms with Crippen LogP contribution >= 0.6 is 11.3 Å². The van der Waals surface area contributed by atoms with Crippen LogP contribution in [0.2, 0.25) is 0 Å². The van der Waals surface area contributed by atoms with Crippen LogP contribution in [0.3, 0.4) is 0 Å². The predicted octanol–water partition coefficient (Wildman–Crippen LogP) is 4.28. The smallest absolute Gasteiger partial charge is 0.264 e. The van der Waals surface area contributed by atoms with Gasteiger partial charge in [0.05, 0.1) is 17.7 Å². The first kappa shape index (κ1) is 22.8. The molecule has 0 saturated heterocycles. The quantitative estimate of drug-likeness (QED) is 0.519. The van der Waals surface area contributed by atoms with E-state index in [0.717, 1.165) is 11.1 Å². The van der Waals surface area contributed by atoms with Crippen molar-refractivity contribution in [2.75, 3.05) is 18.0 Å². The minimum atomic E-state index is -3.86. The van der Waals surface area contributed by atoms with Gasteiger partial charge in [-0.15, -0.1) is 0 Å². The van der Waals surface area contributed by atoms with E-state index in [1.165, 1.54) is 4.31 Å². The first-order valence-electron chi connectivity index (χ1n) is 9.83. The molecule has 8 heteroatoms. The predicted molar refractivity (Wildman–Crippen MR) is 124 cm³/mol. The number of nitrogens with zero attached hydrogens (tertiary/aromatic N) is 1. The molecule has 1 N–H and O–H groups in total. The van der Waals surface area contributed by atoms with Crippen LogP contribution in [0.25, 0.3) is 0 Å². The van der Waals surface area contributed by atoms with E-state index in [9.17, 15) is 13.2 Å². The second kappa shape index (κ2) is 9.98. The standard InChI is InChI=1S/C23H26N2O4S2/c1-17-4-9-22(18(2)14-17)31(27,28)25(20-5-7-21(29-3)8-6-20)12-10-23(26)24-15-19-11-13-30-16-19/h4-9,11,13-14,16H,10,12,15H2,1-3H3,(H,24,26). The van der Waals surface area contributed by atoms with Crippen LogP contribution in [0, 0.1) is 13.8 Å². The number of carbonyl (C=O) groups is 1. The van der Waals surface area contributed by atoms with Crippen molar-refractivity contribution >= 4 is 33.0 Å². The zero-order valence-electron chi connectivity index (χ0n) is 17.8. The van der Waals surface area contributed by atoms with Crippen molar-refractivity contribution in [2.45, 2.75) is 31.7 Å². The van der Waals surface area contributed by atoms with Crippen molar-refractivity contribution in [2.24, 2.45) is 0 Å². The molecule has 2 aromatic carbocycles. The van der Waals surface area contributed by atoms with Gasteiger partial charge in [0.25, 0.3) is 10.0 Å². The Hall–Kier alpha value is -2.84. The average molecular weight is 459 g/mol. The van der Waals surface area contributed by atoms with Gasteiger partial charge in [-0.1, -0.05) is 17.7 Å². The molecular weight excluding hydrogens is 432 g/mol. The van der Waals surface area contributed by atoms with E-state index < -0.39 is 10.0 Å². The Kier molecular flexibility index (Phi) is 7.35. The molecule has 1 aromatic heterocycles. The molecule has 31 heavy (non-hydrogen) atoms. The number of amides is 1. The highest BCUT2D eigenvalue weighted by atomic mass is 32.2. The van der Waals surface area contributed by atoms with Crippen molar-refractivity contribution in [3.8, 4) is 5.75 Å². The molecule has 0 bridgehead atoms. The third-order valence-corrected chi connectivity index (χ3v) is 7.59. The van der Waals surface area contributed by atoms with E-state index in [4.69, 9.17) is 4.74 Å². The molecule has 0 spiro atoms. The Labute approximate surface area is 187 Å². The van der Waals surface area contributed by atoms with Crippen LogP contribution in [0.1, 0.15) is 23.1 Å². The fraction of sp³-hybridized carbons (Fsp3) is 0.261. The van der Waals surface area contributed by atoms with Gasteiger partial charge in [0.15, 0.2) is 0 Å². The van der Waals surface area contributed by atoms with Crippen molar-refractivity contribution in [3.05, 3.63) is 76.0 Å². The fourth-order valence-electron chi connectivity index (χ4n) is 3.23. The first-order chi connectivity index (χ1) is 14.8. The Morgan fingerprint density at radius 3 is 2.45 bits per heavy atom. The van der Waals surface area contributed by atoms with Crippen LogP contribution in [0.15, 0.2) is 64.2 Å². The van der Waals surface area contributed by atoms with Crippen molar-refractivity contribution in [3.63, 3.8) is 0 Å². The third kappa shape index (κ3) is 5.65. The first-order valence-corrected chi connectivity index (χ1v) is 12.2. The van der Waals surface area contributed by atoms with Gasteiger partial charge in [0, 0.05) is 19.5 Å². The largest absolute Gasteiger partial charge is 0.497 e. The lowest BCUT2D eigenvalue weighted by Gasteiger charge is -2.25. The Balaban J connectivity index is 1.84. The highest BCUT2D eigenvalue weighted by Gasteiger charge is 2.27. The topological polar surface area (TPSA) is 75.7 Å². The van der Waals surface area contributed by atoms with Gasteiger partial charge in [-0.2, -0.15) is 11.3 Å². The number of anilines is 1. The molecule has 1 amide bonds. The minimum Gasteiger partial charge on any atom is -0.497 e. The van der Waals surface area contributed by atoms with E-state index >= 15 is 0 Å². The highest BCUT2D eigenvalue weighted by molar-refractivity contribution is 7.92. The van der Waals surface area contributed by atoms with Crippen LogP contribution in [-0.4, -0.2) is 28.0 Å². The average Bonchev–Trinajstić information content (AvgIpc) is 3.26. The summed E-state index contributed by atoms with van der Waals surface area (Å²) in [6.07, 6.45) is 0.0420. The van der Waals surface area contributed by atoms with Crippen LogP contribution in [0.5, 0.6) is 5.75 Å². The summed E-state index contributed by atoms with van der Waals surface area (Å²) >= 11 is 1.56. The van der Waals surface area contributed by atoms with E-state index in [1.807, 2.05) is 29.8 Å². The number of ether oxygens (including phenoxy) is 1. The second-order valence-corrected chi connectivity index (χ2v) is 9.81. The molecule has 6 nitrogen and oxygen atoms in total. The maximum Gasteiger partial charge on any atom is 0.264 e. The van der Waals surface area contributed by atoms with Crippen molar-refractivity contribution < 1.29 is 17.9 Å². The molecule has 0 saturated carbocycles. The molecule has 0 atom stereocenters. The second-order valence-electron chi connectivity index (χ2n) is 7.20. The fourth-order valence-corrected chi connectivity index (χ4v) is 5.57. The summed E-state index contributed by atoms with van der Waals surface area (Å²) in [4.78, 5) is 12.6. The summed E-state index contributed by atoms with van der Waals surface area (Å²) in [5.41, 5.74) is 3.15. The van der Waals surface area contributed by atoms with Crippen molar-refractivity contribution in [1.29, 1.82) is 0 Å². The van der Waals surface area contributed by atoms with Gasteiger partial charge in [0.2, 0.25) is 5.91 Å². The number of thiophene rings is 1. The molecule has 1 heterocycles. The Bertz CT molecular complexity index is 1120. The minimum absolute atomic E-state index is 0.0252. The zero-order chi connectivity index (χ0) is 22.4. The Morgan fingerprint density at radius 1 is 1.10 bits per heavy atom. The molecule has 0 aliphatic carbocycles. The van der Waals surface area contributed by atoms with E-state index in [1.54, 1.807) is 61.8 Å². The molecule has 0 fully saturated rings. The Morgan fingerprint density at radius 2 is 1.84 bits per heavy atom. The molecule has 3 rings (SSSR count). The summed E-state index contributed by atoms with van der Waals surface area (Å²) < 4.78 is 33.6. The van der Waals surface area contributed by atoms with Crippen molar-refractivity contribution in [1.82, 2.24) is 5.32 Å². The molecule has 0 radical (unpaired) electrons. The van der Waals surface area contributed by atoms with Gasteiger partial charge >= 0.3 is 0 Å². The number of hydrogen-bond donors (Lipinski definition) is 1. The van der Waals surface area contributed by atoms with Gasteiger partial charge in [-0.25, -0.2) is 8.42 Å². The number of benzene rings is 2.